The van der Waals surface area contributed by atoms with Crippen molar-refractivity contribution < 1.29 is 22.4 Å². The molecule has 22 heavy (non-hydrogen) atoms. The van der Waals surface area contributed by atoms with Crippen molar-refractivity contribution >= 4 is 5.91 Å². The maximum Gasteiger partial charge on any atom is 0.416 e. The Bertz CT molecular complexity index is 602. The Balaban J connectivity index is 1.84. The minimum atomic E-state index is -4.60. The number of carbonyl (C=O) groups excluding carboxylic acids is 1. The number of hydrogen-bond acceptors (Lipinski definition) is 2. The molecule has 2 N–H and O–H groups in total. The summed E-state index contributed by atoms with van der Waals surface area (Å²) >= 11 is 0. The molecule has 1 amide bonds. The maximum absolute atomic E-state index is 13.8. The zero-order valence-electron chi connectivity index (χ0n) is 11.7. The van der Waals surface area contributed by atoms with Crippen LogP contribution < -0.4 is 5.73 Å². The van der Waals surface area contributed by atoms with Crippen LogP contribution >= 0.6 is 0 Å². The summed E-state index contributed by atoms with van der Waals surface area (Å²) in [5.41, 5.74) is 4.43. The summed E-state index contributed by atoms with van der Waals surface area (Å²) in [5.74, 6) is -1.19. The van der Waals surface area contributed by atoms with E-state index in [1.807, 2.05) is 0 Å². The van der Waals surface area contributed by atoms with E-state index in [4.69, 9.17) is 5.73 Å². The molecule has 1 aromatic rings. The topological polar surface area (TPSA) is 46.3 Å². The van der Waals surface area contributed by atoms with Crippen molar-refractivity contribution in [3.63, 3.8) is 0 Å². The number of amides is 1. The van der Waals surface area contributed by atoms with Crippen LogP contribution in [0.1, 0.15) is 28.8 Å². The van der Waals surface area contributed by atoms with E-state index in [1.165, 1.54) is 4.90 Å². The minimum absolute atomic E-state index is 0.00848. The predicted octanol–water partition coefficient (Wildman–Crippen LogP) is 2.65. The van der Waals surface area contributed by atoms with Gasteiger partial charge in [-0.3, -0.25) is 4.79 Å². The molecule has 3 unspecified atom stereocenters. The second-order valence-corrected chi connectivity index (χ2v) is 6.07. The van der Waals surface area contributed by atoms with E-state index in [1.54, 1.807) is 0 Å². The zero-order valence-corrected chi connectivity index (χ0v) is 11.7. The fourth-order valence-corrected chi connectivity index (χ4v) is 3.51. The lowest BCUT2D eigenvalue weighted by Gasteiger charge is -2.19. The first kappa shape index (κ1) is 15.3. The molecule has 3 atom stereocenters. The van der Waals surface area contributed by atoms with Gasteiger partial charge in [-0.2, -0.15) is 13.2 Å². The average molecular weight is 316 g/mol. The molecule has 0 radical (unpaired) electrons. The highest BCUT2D eigenvalue weighted by atomic mass is 19.4. The van der Waals surface area contributed by atoms with E-state index in [9.17, 15) is 22.4 Å². The molecule has 7 heteroatoms. The van der Waals surface area contributed by atoms with Gasteiger partial charge in [-0.15, -0.1) is 0 Å². The van der Waals surface area contributed by atoms with Gasteiger partial charge >= 0.3 is 6.18 Å². The summed E-state index contributed by atoms with van der Waals surface area (Å²) in [6.45, 7) is 0.827. The Morgan fingerprint density at radius 3 is 2.59 bits per heavy atom. The van der Waals surface area contributed by atoms with E-state index in [0.717, 1.165) is 12.8 Å². The number of hydrogen-bond donors (Lipinski definition) is 1. The third-order valence-electron chi connectivity index (χ3n) is 4.72. The number of fused-ring (bicyclic) bond motifs is 1. The predicted molar refractivity (Wildman–Crippen MR) is 71.5 cm³/mol. The van der Waals surface area contributed by atoms with Crippen molar-refractivity contribution in [2.24, 2.45) is 17.6 Å². The highest BCUT2D eigenvalue weighted by molar-refractivity contribution is 5.95. The summed E-state index contributed by atoms with van der Waals surface area (Å²) < 4.78 is 51.9. The van der Waals surface area contributed by atoms with Gasteiger partial charge in [0.25, 0.3) is 5.91 Å². The van der Waals surface area contributed by atoms with Gasteiger partial charge in [0.05, 0.1) is 11.1 Å². The first-order chi connectivity index (χ1) is 10.3. The molecule has 0 aromatic heterocycles. The second-order valence-electron chi connectivity index (χ2n) is 6.07. The normalized spacial score (nSPS) is 28.0. The number of nitrogens with two attached hydrogens (primary N) is 1. The first-order valence-corrected chi connectivity index (χ1v) is 7.19. The molecule has 2 aliphatic rings. The largest absolute Gasteiger partial charge is 0.416 e. The third kappa shape index (κ3) is 2.58. The molecular weight excluding hydrogens is 300 g/mol. The molecule has 1 aromatic carbocycles. The smallest absolute Gasteiger partial charge is 0.338 e. The number of rotatable bonds is 1. The summed E-state index contributed by atoms with van der Waals surface area (Å²) in [6.07, 6.45) is -2.80. The monoisotopic (exact) mass is 316 g/mol. The molecule has 1 aliphatic carbocycles. The van der Waals surface area contributed by atoms with Gasteiger partial charge < -0.3 is 10.6 Å². The number of benzene rings is 1. The van der Waals surface area contributed by atoms with Crippen molar-refractivity contribution in [1.29, 1.82) is 0 Å². The van der Waals surface area contributed by atoms with Crippen LogP contribution in [0.3, 0.4) is 0 Å². The van der Waals surface area contributed by atoms with E-state index < -0.39 is 29.0 Å². The number of nitrogens with zero attached hydrogens (tertiary/aromatic N) is 1. The number of alkyl halides is 3. The summed E-state index contributed by atoms with van der Waals surface area (Å²) in [5, 5.41) is 0. The molecule has 1 saturated carbocycles. The van der Waals surface area contributed by atoms with Gasteiger partial charge in [-0.05, 0) is 42.9 Å². The van der Waals surface area contributed by atoms with Crippen molar-refractivity contribution in [2.45, 2.75) is 25.1 Å². The molecule has 1 heterocycles. The SMILES string of the molecule is NC1CCC2CN(C(=O)c3cc(C(F)(F)F)ccc3F)CC12. The highest BCUT2D eigenvalue weighted by Crippen LogP contribution is 2.38. The van der Waals surface area contributed by atoms with Crippen molar-refractivity contribution in [1.82, 2.24) is 4.90 Å². The molecule has 3 rings (SSSR count). The molecule has 1 saturated heterocycles. The lowest BCUT2D eigenvalue weighted by atomic mass is 9.98. The molecule has 1 aliphatic heterocycles. The minimum Gasteiger partial charge on any atom is -0.338 e. The second kappa shape index (κ2) is 5.22. The average Bonchev–Trinajstić information content (AvgIpc) is 3.00. The van der Waals surface area contributed by atoms with Crippen molar-refractivity contribution in [3.8, 4) is 0 Å². The van der Waals surface area contributed by atoms with E-state index in [0.29, 0.717) is 31.3 Å². The Hall–Kier alpha value is -1.63. The standard InChI is InChI=1S/C15H16F4N2O/c16-12-3-2-9(15(17,18)19)5-10(12)14(22)21-6-8-1-4-13(20)11(8)7-21/h2-3,5,8,11,13H,1,4,6-7,20H2. The first-order valence-electron chi connectivity index (χ1n) is 7.19. The van der Waals surface area contributed by atoms with Crippen LogP contribution in [0.5, 0.6) is 0 Å². The summed E-state index contributed by atoms with van der Waals surface area (Å²) in [7, 11) is 0. The van der Waals surface area contributed by atoms with Crippen molar-refractivity contribution in [2.75, 3.05) is 13.1 Å². The van der Waals surface area contributed by atoms with E-state index >= 15 is 0 Å². The van der Waals surface area contributed by atoms with E-state index in [2.05, 4.69) is 0 Å². The molecule has 0 bridgehead atoms. The molecule has 0 spiro atoms. The molecular formula is C15H16F4N2O. The van der Waals surface area contributed by atoms with Crippen LogP contribution in [0.2, 0.25) is 0 Å². The number of halogens is 4. The number of carbonyl (C=O) groups is 1. The Morgan fingerprint density at radius 2 is 1.95 bits per heavy atom. The van der Waals surface area contributed by atoms with Gasteiger partial charge in [-0.25, -0.2) is 4.39 Å². The zero-order chi connectivity index (χ0) is 16.1. The highest BCUT2D eigenvalue weighted by Gasteiger charge is 2.43. The van der Waals surface area contributed by atoms with Gasteiger partial charge in [0, 0.05) is 19.1 Å². The third-order valence-corrected chi connectivity index (χ3v) is 4.72. The number of likely N-dealkylation sites (tertiary alicyclic amines) is 1. The Kier molecular flexibility index (Phi) is 3.63. The van der Waals surface area contributed by atoms with Gasteiger partial charge in [0.15, 0.2) is 0 Å². The maximum atomic E-state index is 13.8. The quantitative estimate of drug-likeness (QED) is 0.810. The fourth-order valence-electron chi connectivity index (χ4n) is 3.51. The van der Waals surface area contributed by atoms with Crippen LogP contribution in [0.15, 0.2) is 18.2 Å². The van der Waals surface area contributed by atoms with E-state index in [-0.39, 0.29) is 17.9 Å². The van der Waals surface area contributed by atoms with Crippen LogP contribution in [-0.2, 0) is 6.18 Å². The molecule has 120 valence electrons. The Labute approximate surface area is 125 Å². The fraction of sp³-hybridized carbons (Fsp3) is 0.533. The lowest BCUT2D eigenvalue weighted by molar-refractivity contribution is -0.137. The van der Waals surface area contributed by atoms with Gasteiger partial charge in [0.1, 0.15) is 5.82 Å². The summed E-state index contributed by atoms with van der Waals surface area (Å²) in [6, 6.07) is 1.93. The molecule has 3 nitrogen and oxygen atoms in total. The van der Waals surface area contributed by atoms with Crippen molar-refractivity contribution in [3.05, 3.63) is 35.1 Å². The van der Waals surface area contributed by atoms with Gasteiger partial charge in [-0.1, -0.05) is 0 Å². The molecule has 2 fully saturated rings. The summed E-state index contributed by atoms with van der Waals surface area (Å²) in [4.78, 5) is 13.8. The van der Waals surface area contributed by atoms with Crippen LogP contribution in [0.25, 0.3) is 0 Å². The Morgan fingerprint density at radius 1 is 1.23 bits per heavy atom. The van der Waals surface area contributed by atoms with Crippen LogP contribution in [-0.4, -0.2) is 29.9 Å². The van der Waals surface area contributed by atoms with Crippen LogP contribution in [0.4, 0.5) is 17.6 Å². The van der Waals surface area contributed by atoms with Crippen LogP contribution in [0, 0.1) is 17.7 Å². The lowest BCUT2D eigenvalue weighted by Crippen LogP contribution is -2.34. The van der Waals surface area contributed by atoms with Gasteiger partial charge in [0.2, 0.25) is 0 Å².